The molecule has 18 heavy (non-hydrogen) atoms. The molecule has 5 heteroatoms. The van der Waals surface area contributed by atoms with Crippen LogP contribution in [0.3, 0.4) is 0 Å². The van der Waals surface area contributed by atoms with Gasteiger partial charge in [-0.15, -0.1) is 11.3 Å². The first kappa shape index (κ1) is 12.4. The van der Waals surface area contributed by atoms with Gasteiger partial charge in [-0.05, 0) is 19.1 Å². The summed E-state index contributed by atoms with van der Waals surface area (Å²) in [7, 11) is 3.21. The third kappa shape index (κ3) is 2.15. The Hall–Kier alpha value is -2.06. The molecule has 0 radical (unpaired) electrons. The second-order valence-electron chi connectivity index (χ2n) is 3.61. The number of thiazole rings is 1. The normalized spacial score (nSPS) is 9.89. The summed E-state index contributed by atoms with van der Waals surface area (Å²) < 4.78 is 10.5. The Balaban J connectivity index is 2.53. The number of hydrogen-bond donors (Lipinski definition) is 0. The van der Waals surface area contributed by atoms with Crippen molar-refractivity contribution >= 4 is 11.3 Å². The van der Waals surface area contributed by atoms with Crippen LogP contribution in [0.5, 0.6) is 11.5 Å². The smallest absolute Gasteiger partial charge is 0.132 e. The summed E-state index contributed by atoms with van der Waals surface area (Å²) in [5.41, 5.74) is 1.61. The van der Waals surface area contributed by atoms with Gasteiger partial charge in [0.2, 0.25) is 0 Å². The highest BCUT2D eigenvalue weighted by Crippen LogP contribution is 2.36. The summed E-state index contributed by atoms with van der Waals surface area (Å²) in [6.07, 6.45) is 0. The second-order valence-corrected chi connectivity index (χ2v) is 4.61. The molecule has 0 unspecified atom stereocenters. The van der Waals surface area contributed by atoms with Gasteiger partial charge in [-0.3, -0.25) is 0 Å². The van der Waals surface area contributed by atoms with Gasteiger partial charge in [0.15, 0.2) is 0 Å². The van der Waals surface area contributed by atoms with Crippen molar-refractivity contribution in [3.63, 3.8) is 0 Å². The van der Waals surface area contributed by atoms with Gasteiger partial charge >= 0.3 is 0 Å². The van der Waals surface area contributed by atoms with Crippen molar-refractivity contribution < 1.29 is 9.47 Å². The van der Waals surface area contributed by atoms with Crippen molar-refractivity contribution in [1.29, 1.82) is 5.26 Å². The average Bonchev–Trinajstić information content (AvgIpc) is 2.79. The van der Waals surface area contributed by atoms with Crippen LogP contribution in [0.4, 0.5) is 0 Å². The molecule has 0 aliphatic carbocycles. The number of ether oxygens (including phenoxy) is 2. The number of benzene rings is 1. The van der Waals surface area contributed by atoms with Crippen LogP contribution in [0.2, 0.25) is 0 Å². The van der Waals surface area contributed by atoms with Gasteiger partial charge in [-0.25, -0.2) is 4.98 Å². The van der Waals surface area contributed by atoms with Crippen LogP contribution in [-0.4, -0.2) is 19.2 Å². The number of nitrogens with zero attached hydrogens (tertiary/aromatic N) is 2. The van der Waals surface area contributed by atoms with Crippen LogP contribution in [0.25, 0.3) is 10.6 Å². The summed E-state index contributed by atoms with van der Waals surface area (Å²) in [5.74, 6) is 1.41. The molecule has 0 aliphatic rings. The molecule has 0 saturated carbocycles. The zero-order chi connectivity index (χ0) is 13.1. The first-order valence-corrected chi connectivity index (χ1v) is 6.11. The quantitative estimate of drug-likeness (QED) is 0.851. The molecule has 92 valence electrons. The van der Waals surface area contributed by atoms with Crippen LogP contribution >= 0.6 is 11.3 Å². The summed E-state index contributed by atoms with van der Waals surface area (Å²) in [4.78, 5) is 5.02. The van der Waals surface area contributed by atoms with E-state index in [0.29, 0.717) is 10.6 Å². The van der Waals surface area contributed by atoms with E-state index in [4.69, 9.17) is 14.7 Å². The third-order valence-electron chi connectivity index (χ3n) is 2.54. The molecule has 0 atom stereocenters. The highest BCUT2D eigenvalue weighted by Gasteiger charge is 2.13. The lowest BCUT2D eigenvalue weighted by atomic mass is 10.2. The first-order chi connectivity index (χ1) is 8.69. The highest BCUT2D eigenvalue weighted by molar-refractivity contribution is 7.15. The standard InChI is InChI=1S/C13H12N2O2S/c1-8-12(7-14)18-13(15-8)10-5-4-9(16-2)6-11(10)17-3/h4-6H,1-3H3. The molecule has 0 spiro atoms. The lowest BCUT2D eigenvalue weighted by Gasteiger charge is -2.07. The minimum Gasteiger partial charge on any atom is -0.497 e. The molecule has 1 aromatic heterocycles. The molecule has 0 N–H and O–H groups in total. The Morgan fingerprint density at radius 1 is 1.28 bits per heavy atom. The maximum atomic E-state index is 8.96. The molecule has 0 bridgehead atoms. The summed E-state index contributed by atoms with van der Waals surface area (Å²) in [6, 6.07) is 7.67. The van der Waals surface area contributed by atoms with Gasteiger partial charge in [0.1, 0.15) is 27.5 Å². The Kier molecular flexibility index (Phi) is 3.49. The topological polar surface area (TPSA) is 55.1 Å². The minimum absolute atomic E-state index is 0.628. The van der Waals surface area contributed by atoms with E-state index in [1.807, 2.05) is 19.1 Å². The maximum absolute atomic E-state index is 8.96. The molecule has 0 aliphatic heterocycles. The van der Waals surface area contributed by atoms with Crippen LogP contribution in [0, 0.1) is 18.3 Å². The molecule has 0 saturated heterocycles. The molecular formula is C13H12N2O2S. The lowest BCUT2D eigenvalue weighted by molar-refractivity contribution is 0.395. The van der Waals surface area contributed by atoms with Gasteiger partial charge in [-0.1, -0.05) is 0 Å². The fourth-order valence-corrected chi connectivity index (χ4v) is 2.48. The van der Waals surface area contributed by atoms with Crippen molar-refractivity contribution in [2.24, 2.45) is 0 Å². The zero-order valence-electron chi connectivity index (χ0n) is 10.4. The summed E-state index contributed by atoms with van der Waals surface area (Å²) in [6.45, 7) is 1.83. The van der Waals surface area contributed by atoms with E-state index in [0.717, 1.165) is 22.0 Å². The van der Waals surface area contributed by atoms with Crippen molar-refractivity contribution in [2.75, 3.05) is 14.2 Å². The van der Waals surface area contributed by atoms with Crippen LogP contribution in [-0.2, 0) is 0 Å². The van der Waals surface area contributed by atoms with E-state index in [1.54, 1.807) is 20.3 Å². The molecule has 1 aromatic carbocycles. The van der Waals surface area contributed by atoms with Crippen LogP contribution in [0.1, 0.15) is 10.6 Å². The SMILES string of the molecule is COc1ccc(-c2nc(C)c(C#N)s2)c(OC)c1. The Morgan fingerprint density at radius 3 is 2.61 bits per heavy atom. The van der Waals surface area contributed by atoms with E-state index >= 15 is 0 Å². The number of aromatic nitrogens is 1. The number of rotatable bonds is 3. The Labute approximate surface area is 109 Å². The van der Waals surface area contributed by atoms with Crippen LogP contribution < -0.4 is 9.47 Å². The monoisotopic (exact) mass is 260 g/mol. The van der Waals surface area contributed by atoms with Crippen molar-refractivity contribution in [1.82, 2.24) is 4.98 Å². The van der Waals surface area contributed by atoms with Gasteiger partial charge in [0, 0.05) is 6.07 Å². The minimum atomic E-state index is 0.628. The van der Waals surface area contributed by atoms with Gasteiger partial charge < -0.3 is 9.47 Å². The van der Waals surface area contributed by atoms with Crippen molar-refractivity contribution in [2.45, 2.75) is 6.92 Å². The van der Waals surface area contributed by atoms with Gasteiger partial charge in [-0.2, -0.15) is 5.26 Å². The summed E-state index contributed by atoms with van der Waals surface area (Å²) in [5, 5.41) is 9.74. The number of nitriles is 1. The lowest BCUT2D eigenvalue weighted by Crippen LogP contribution is -1.90. The molecule has 2 rings (SSSR count). The summed E-state index contributed by atoms with van der Waals surface area (Å²) >= 11 is 1.36. The van der Waals surface area contributed by atoms with Crippen molar-refractivity contribution in [3.8, 4) is 28.1 Å². The average molecular weight is 260 g/mol. The van der Waals surface area contributed by atoms with Gasteiger partial charge in [0.05, 0.1) is 25.5 Å². The fraction of sp³-hybridized carbons (Fsp3) is 0.231. The van der Waals surface area contributed by atoms with E-state index in [9.17, 15) is 0 Å². The maximum Gasteiger partial charge on any atom is 0.132 e. The number of hydrogen-bond acceptors (Lipinski definition) is 5. The predicted molar refractivity (Wildman–Crippen MR) is 70.1 cm³/mol. The van der Waals surface area contributed by atoms with E-state index in [1.165, 1.54) is 11.3 Å². The zero-order valence-corrected chi connectivity index (χ0v) is 11.2. The molecule has 0 fully saturated rings. The Bertz CT molecular complexity index is 614. The number of aryl methyl sites for hydroxylation is 1. The van der Waals surface area contributed by atoms with E-state index in [2.05, 4.69) is 11.1 Å². The number of methoxy groups -OCH3 is 2. The second kappa shape index (κ2) is 5.07. The van der Waals surface area contributed by atoms with E-state index < -0.39 is 0 Å². The molecular weight excluding hydrogens is 248 g/mol. The Morgan fingerprint density at radius 2 is 2.06 bits per heavy atom. The first-order valence-electron chi connectivity index (χ1n) is 5.29. The van der Waals surface area contributed by atoms with E-state index in [-0.39, 0.29) is 0 Å². The largest absolute Gasteiger partial charge is 0.497 e. The third-order valence-corrected chi connectivity index (χ3v) is 3.63. The molecule has 0 amide bonds. The predicted octanol–water partition coefficient (Wildman–Crippen LogP) is 3.01. The van der Waals surface area contributed by atoms with Gasteiger partial charge in [0.25, 0.3) is 0 Å². The fourth-order valence-electron chi connectivity index (χ4n) is 1.59. The van der Waals surface area contributed by atoms with Crippen molar-refractivity contribution in [3.05, 3.63) is 28.8 Å². The molecule has 1 heterocycles. The molecule has 4 nitrogen and oxygen atoms in total. The van der Waals surface area contributed by atoms with Crippen LogP contribution in [0.15, 0.2) is 18.2 Å². The molecule has 2 aromatic rings. The highest BCUT2D eigenvalue weighted by atomic mass is 32.1.